The van der Waals surface area contributed by atoms with E-state index in [-0.39, 0.29) is 11.6 Å². The first kappa shape index (κ1) is 19.2. The monoisotopic (exact) mass is 418 g/mol. The van der Waals surface area contributed by atoms with Gasteiger partial charge in [0.05, 0.1) is 16.9 Å². The van der Waals surface area contributed by atoms with E-state index >= 15 is 0 Å². The summed E-state index contributed by atoms with van der Waals surface area (Å²) in [4.78, 5) is 17.8. The molecule has 2 aromatic carbocycles. The van der Waals surface area contributed by atoms with Crippen LogP contribution in [0.4, 0.5) is 5.69 Å². The molecule has 154 valence electrons. The molecule has 0 saturated heterocycles. The lowest BCUT2D eigenvalue weighted by Crippen LogP contribution is -2.34. The van der Waals surface area contributed by atoms with Crippen LogP contribution in [0.5, 0.6) is 0 Å². The predicted molar refractivity (Wildman–Crippen MR) is 125 cm³/mol. The van der Waals surface area contributed by atoms with Gasteiger partial charge >= 0.3 is 0 Å². The maximum Gasteiger partial charge on any atom is 0.261 e. The Hall–Kier alpha value is -2.73. The minimum atomic E-state index is 0.0561. The highest BCUT2D eigenvalue weighted by Gasteiger charge is 2.20. The second-order valence-electron chi connectivity index (χ2n) is 8.27. The maximum atomic E-state index is 13.1. The molecular formula is C24H26N4OS. The molecule has 30 heavy (non-hydrogen) atoms. The van der Waals surface area contributed by atoms with Crippen molar-refractivity contribution in [2.24, 2.45) is 0 Å². The second kappa shape index (κ2) is 8.19. The standard InChI is InChI=1S/C24H26N4OS/c29-23-19-15-17(12-13-21(19)26-22-11-2-1-5-14-28(22)23)25-24(30)27-20-10-6-8-16-7-3-4-9-18(16)20/h3-4,7,9,12-13,15,20H,1-2,5-6,8,10-11,14H2,(H2,25,27,30)/t20-/m1/s1. The third-order valence-electron chi connectivity index (χ3n) is 6.25. The summed E-state index contributed by atoms with van der Waals surface area (Å²) in [7, 11) is 0. The molecule has 0 saturated carbocycles. The summed E-state index contributed by atoms with van der Waals surface area (Å²) in [6.45, 7) is 0.760. The Morgan fingerprint density at radius 2 is 1.97 bits per heavy atom. The van der Waals surface area contributed by atoms with Gasteiger partial charge < -0.3 is 10.6 Å². The van der Waals surface area contributed by atoms with Crippen LogP contribution in [0.15, 0.2) is 47.3 Å². The second-order valence-corrected chi connectivity index (χ2v) is 8.68. The lowest BCUT2D eigenvalue weighted by Gasteiger charge is -2.27. The van der Waals surface area contributed by atoms with Crippen molar-refractivity contribution < 1.29 is 0 Å². The average Bonchev–Trinajstić information content (AvgIpc) is 3.00. The number of hydrogen-bond donors (Lipinski definition) is 2. The summed E-state index contributed by atoms with van der Waals surface area (Å²) < 4.78 is 1.86. The van der Waals surface area contributed by atoms with Crippen molar-refractivity contribution in [3.8, 4) is 0 Å². The predicted octanol–water partition coefficient (Wildman–Crippen LogP) is 4.49. The van der Waals surface area contributed by atoms with Gasteiger partial charge in [0.15, 0.2) is 5.11 Å². The van der Waals surface area contributed by atoms with Gasteiger partial charge in [-0.2, -0.15) is 0 Å². The topological polar surface area (TPSA) is 59.0 Å². The smallest absolute Gasteiger partial charge is 0.261 e. The summed E-state index contributed by atoms with van der Waals surface area (Å²) in [6.07, 6.45) is 7.50. The van der Waals surface area contributed by atoms with Crippen molar-refractivity contribution in [1.29, 1.82) is 0 Å². The quantitative estimate of drug-likeness (QED) is 0.601. The summed E-state index contributed by atoms with van der Waals surface area (Å²) >= 11 is 5.60. The summed E-state index contributed by atoms with van der Waals surface area (Å²) in [5, 5.41) is 7.97. The third kappa shape index (κ3) is 3.72. The Balaban J connectivity index is 1.37. The molecule has 3 aromatic rings. The number of thiocarbonyl (C=S) groups is 1. The van der Waals surface area contributed by atoms with E-state index in [0.29, 0.717) is 10.5 Å². The zero-order valence-corrected chi connectivity index (χ0v) is 17.8. The third-order valence-corrected chi connectivity index (χ3v) is 6.47. The molecule has 2 N–H and O–H groups in total. The average molecular weight is 419 g/mol. The molecule has 2 aliphatic rings. The number of aryl methyl sites for hydroxylation is 2. The van der Waals surface area contributed by atoms with Crippen LogP contribution in [0, 0.1) is 0 Å². The highest BCUT2D eigenvalue weighted by molar-refractivity contribution is 7.80. The van der Waals surface area contributed by atoms with Gasteiger partial charge in [-0.1, -0.05) is 30.7 Å². The van der Waals surface area contributed by atoms with Crippen LogP contribution in [-0.4, -0.2) is 14.7 Å². The van der Waals surface area contributed by atoms with Crippen LogP contribution in [-0.2, 0) is 19.4 Å². The summed E-state index contributed by atoms with van der Waals surface area (Å²) in [5.41, 5.74) is 4.36. The molecule has 2 heterocycles. The van der Waals surface area contributed by atoms with Crippen LogP contribution in [0.25, 0.3) is 10.9 Å². The summed E-state index contributed by atoms with van der Waals surface area (Å²) in [5.74, 6) is 0.916. The van der Waals surface area contributed by atoms with Gasteiger partial charge in [-0.05, 0) is 73.6 Å². The van der Waals surface area contributed by atoms with E-state index in [1.54, 1.807) is 0 Å². The Morgan fingerprint density at radius 1 is 1.07 bits per heavy atom. The number of fused-ring (bicyclic) bond motifs is 3. The molecule has 0 amide bonds. The Kier molecular flexibility index (Phi) is 5.25. The molecule has 1 aliphatic heterocycles. The number of nitrogens with zero attached hydrogens (tertiary/aromatic N) is 2. The van der Waals surface area contributed by atoms with Gasteiger partial charge in [-0.3, -0.25) is 9.36 Å². The summed E-state index contributed by atoms with van der Waals surface area (Å²) in [6, 6.07) is 14.5. The zero-order chi connectivity index (χ0) is 20.5. The maximum absolute atomic E-state index is 13.1. The SMILES string of the molecule is O=c1c2cc(NC(=S)N[C@@H]3CCCc4ccccc43)ccc2nc2n1CCCCC2. The first-order valence-corrected chi connectivity index (χ1v) is 11.3. The molecule has 5 rings (SSSR count). The largest absolute Gasteiger partial charge is 0.356 e. The molecule has 5 nitrogen and oxygen atoms in total. The van der Waals surface area contributed by atoms with Crippen LogP contribution >= 0.6 is 12.2 Å². The van der Waals surface area contributed by atoms with Crippen molar-refractivity contribution in [3.63, 3.8) is 0 Å². The van der Waals surface area contributed by atoms with E-state index in [4.69, 9.17) is 17.2 Å². The molecule has 0 spiro atoms. The van der Waals surface area contributed by atoms with Crippen molar-refractivity contribution >= 4 is 33.9 Å². The number of rotatable bonds is 2. The van der Waals surface area contributed by atoms with Crippen molar-refractivity contribution in [2.75, 3.05) is 5.32 Å². The van der Waals surface area contributed by atoms with E-state index in [1.165, 1.54) is 11.1 Å². The van der Waals surface area contributed by atoms with Crippen molar-refractivity contribution in [1.82, 2.24) is 14.9 Å². The molecule has 1 aliphatic carbocycles. The molecule has 0 radical (unpaired) electrons. The van der Waals surface area contributed by atoms with E-state index in [0.717, 1.165) is 68.5 Å². The van der Waals surface area contributed by atoms with Crippen LogP contribution in [0.1, 0.15) is 55.1 Å². The van der Waals surface area contributed by atoms with Gasteiger partial charge in [-0.15, -0.1) is 0 Å². The van der Waals surface area contributed by atoms with E-state index in [9.17, 15) is 4.79 Å². The lowest BCUT2D eigenvalue weighted by molar-refractivity contribution is 0.529. The van der Waals surface area contributed by atoms with E-state index in [1.807, 2.05) is 22.8 Å². The fraction of sp³-hybridized carbons (Fsp3) is 0.375. The number of hydrogen-bond acceptors (Lipinski definition) is 3. The first-order chi connectivity index (χ1) is 14.7. The Morgan fingerprint density at radius 3 is 2.90 bits per heavy atom. The highest BCUT2D eigenvalue weighted by atomic mass is 32.1. The molecule has 1 aromatic heterocycles. The number of benzene rings is 2. The zero-order valence-electron chi connectivity index (χ0n) is 17.0. The van der Waals surface area contributed by atoms with Crippen LogP contribution < -0.4 is 16.2 Å². The number of anilines is 1. The van der Waals surface area contributed by atoms with Crippen molar-refractivity contribution in [2.45, 2.75) is 57.5 Å². The van der Waals surface area contributed by atoms with Crippen LogP contribution in [0.3, 0.4) is 0 Å². The molecule has 6 heteroatoms. The molecule has 0 fully saturated rings. The van der Waals surface area contributed by atoms with Gasteiger partial charge in [-0.25, -0.2) is 4.98 Å². The molecular weight excluding hydrogens is 392 g/mol. The normalized spacial score (nSPS) is 18.2. The molecule has 1 atom stereocenters. The first-order valence-electron chi connectivity index (χ1n) is 10.9. The number of nitrogens with one attached hydrogen (secondary N) is 2. The highest BCUT2D eigenvalue weighted by Crippen LogP contribution is 2.29. The van der Waals surface area contributed by atoms with Gasteiger partial charge in [0, 0.05) is 18.7 Å². The van der Waals surface area contributed by atoms with E-state index in [2.05, 4.69) is 34.9 Å². The van der Waals surface area contributed by atoms with Gasteiger partial charge in [0.2, 0.25) is 0 Å². The molecule has 0 bridgehead atoms. The van der Waals surface area contributed by atoms with Gasteiger partial charge in [0.25, 0.3) is 5.56 Å². The Bertz CT molecular complexity index is 1170. The fourth-order valence-electron chi connectivity index (χ4n) is 4.73. The van der Waals surface area contributed by atoms with E-state index < -0.39 is 0 Å². The number of aromatic nitrogens is 2. The van der Waals surface area contributed by atoms with Gasteiger partial charge in [0.1, 0.15) is 5.82 Å². The Labute approximate surface area is 181 Å². The minimum absolute atomic E-state index is 0.0561. The molecule has 0 unspecified atom stereocenters. The minimum Gasteiger partial charge on any atom is -0.356 e. The fourth-order valence-corrected chi connectivity index (χ4v) is 4.99. The lowest BCUT2D eigenvalue weighted by atomic mass is 9.88. The van der Waals surface area contributed by atoms with Crippen LogP contribution in [0.2, 0.25) is 0 Å². The van der Waals surface area contributed by atoms with Crippen molar-refractivity contribution in [3.05, 3.63) is 69.8 Å².